The molecule has 0 aliphatic heterocycles. The van der Waals surface area contributed by atoms with Crippen LogP contribution in [0, 0.1) is 0 Å². The maximum absolute atomic E-state index is 13.4. The van der Waals surface area contributed by atoms with E-state index in [-0.39, 0.29) is 31.5 Å². The highest BCUT2D eigenvalue weighted by Gasteiger charge is 2.45. The van der Waals surface area contributed by atoms with E-state index in [1.165, 1.54) is 6.08 Å². The number of benzene rings is 1. The van der Waals surface area contributed by atoms with Crippen LogP contribution in [-0.2, 0) is 27.2 Å². The maximum Gasteiger partial charge on any atom is 0.369 e. The monoisotopic (exact) mass is 406 g/mol. The van der Waals surface area contributed by atoms with E-state index in [2.05, 4.69) is 0 Å². The molecule has 0 radical (unpaired) electrons. The topological polar surface area (TPSA) is 80.3 Å². The molecule has 0 fully saturated rings. The summed E-state index contributed by atoms with van der Waals surface area (Å²) in [5.74, 6) is 0.666. The Morgan fingerprint density at radius 1 is 0.808 bits per heavy atom. The molecule has 0 saturated heterocycles. The van der Waals surface area contributed by atoms with Crippen LogP contribution in [0.4, 0.5) is 0 Å². The lowest BCUT2D eigenvalue weighted by molar-refractivity contribution is 0.214. The molecular weight excluding hydrogens is 378 g/mol. The highest BCUT2D eigenvalue weighted by Crippen LogP contribution is 2.74. The van der Waals surface area contributed by atoms with E-state index in [1.807, 2.05) is 0 Å². The van der Waals surface area contributed by atoms with Gasteiger partial charge in [0.2, 0.25) is 0 Å². The predicted molar refractivity (Wildman–Crippen MR) is 103 cm³/mol. The van der Waals surface area contributed by atoms with Gasteiger partial charge in [-0.25, -0.2) is 0 Å². The van der Waals surface area contributed by atoms with Gasteiger partial charge in [-0.1, -0.05) is 12.1 Å². The quantitative estimate of drug-likeness (QED) is 0.423. The van der Waals surface area contributed by atoms with Crippen LogP contribution < -0.4 is 4.74 Å². The molecule has 0 bridgehead atoms. The van der Waals surface area contributed by atoms with Gasteiger partial charge >= 0.3 is 15.2 Å². The second-order valence-corrected chi connectivity index (χ2v) is 9.28. The Bertz CT molecular complexity index is 618. The Morgan fingerprint density at radius 2 is 1.19 bits per heavy atom. The summed E-state index contributed by atoms with van der Waals surface area (Å²) in [5, 5.41) is -0.109. The first-order valence-corrected chi connectivity index (χ1v) is 11.6. The van der Waals surface area contributed by atoms with Gasteiger partial charge in [-0.3, -0.25) is 9.13 Å². The van der Waals surface area contributed by atoms with E-state index >= 15 is 0 Å². The normalized spacial score (nSPS) is 12.0. The Kier molecular flexibility index (Phi) is 9.80. The van der Waals surface area contributed by atoms with Crippen LogP contribution in [0.2, 0.25) is 0 Å². The van der Waals surface area contributed by atoms with E-state index in [0.717, 1.165) is 0 Å². The van der Waals surface area contributed by atoms with Gasteiger partial charge in [-0.05, 0) is 51.5 Å². The molecule has 0 spiro atoms. The molecule has 26 heavy (non-hydrogen) atoms. The van der Waals surface area contributed by atoms with Gasteiger partial charge in [0.1, 0.15) is 5.75 Å². The molecule has 0 aromatic heterocycles. The molecule has 0 amide bonds. The average Bonchev–Trinajstić information content (AvgIpc) is 2.61. The van der Waals surface area contributed by atoms with Crippen LogP contribution in [-0.4, -0.2) is 33.5 Å². The lowest BCUT2D eigenvalue weighted by Gasteiger charge is -2.25. The largest absolute Gasteiger partial charge is 0.497 e. The number of rotatable bonds is 12. The summed E-state index contributed by atoms with van der Waals surface area (Å²) < 4.78 is 53.5. The van der Waals surface area contributed by atoms with Crippen molar-refractivity contribution in [2.45, 2.75) is 27.7 Å². The highest BCUT2D eigenvalue weighted by molar-refractivity contribution is 7.79. The Morgan fingerprint density at radius 3 is 1.50 bits per heavy atom. The van der Waals surface area contributed by atoms with Crippen molar-refractivity contribution in [2.24, 2.45) is 0 Å². The summed E-state index contributed by atoms with van der Waals surface area (Å²) in [6, 6.07) is 6.95. The van der Waals surface area contributed by atoms with Crippen molar-refractivity contribution in [1.29, 1.82) is 0 Å². The van der Waals surface area contributed by atoms with Crippen LogP contribution in [0.5, 0.6) is 5.75 Å². The van der Waals surface area contributed by atoms with Crippen LogP contribution in [0.3, 0.4) is 0 Å². The van der Waals surface area contributed by atoms with E-state index < -0.39 is 15.2 Å². The zero-order chi connectivity index (χ0) is 19.6. The molecule has 0 N–H and O–H groups in total. The molecule has 0 atom stereocenters. The van der Waals surface area contributed by atoms with E-state index in [9.17, 15) is 9.13 Å². The van der Waals surface area contributed by atoms with E-state index in [4.69, 9.17) is 22.8 Å². The van der Waals surface area contributed by atoms with Crippen molar-refractivity contribution in [3.8, 4) is 5.75 Å². The second-order valence-electron chi connectivity index (χ2n) is 4.94. The lowest BCUT2D eigenvalue weighted by Crippen LogP contribution is -2.05. The Hall–Kier alpha value is -0.940. The summed E-state index contributed by atoms with van der Waals surface area (Å²) in [4.78, 5) is 0. The Labute approximate surface area is 155 Å². The molecule has 1 aromatic carbocycles. The van der Waals surface area contributed by atoms with Crippen molar-refractivity contribution in [3.63, 3.8) is 0 Å². The fourth-order valence-corrected chi connectivity index (χ4v) is 6.72. The smallest absolute Gasteiger partial charge is 0.369 e. The van der Waals surface area contributed by atoms with Crippen molar-refractivity contribution < 1.29 is 32.0 Å². The third kappa shape index (κ3) is 6.05. The summed E-state index contributed by atoms with van der Waals surface area (Å²) in [6.45, 7) is 7.22. The second kappa shape index (κ2) is 11.0. The summed E-state index contributed by atoms with van der Waals surface area (Å²) >= 11 is 0. The minimum absolute atomic E-state index is 0.109. The number of methoxy groups -OCH3 is 1. The van der Waals surface area contributed by atoms with Gasteiger partial charge in [0.15, 0.2) is 5.06 Å². The summed E-state index contributed by atoms with van der Waals surface area (Å²) in [7, 11) is -6.19. The first kappa shape index (κ1) is 23.1. The fraction of sp³-hybridized carbons (Fsp3) is 0.529. The highest BCUT2D eigenvalue weighted by atomic mass is 31.2. The van der Waals surface area contributed by atoms with Crippen LogP contribution >= 0.6 is 15.2 Å². The molecule has 1 rings (SSSR count). The molecule has 1 aromatic rings. The molecule has 148 valence electrons. The molecular formula is C17H28O7P2. The first-order chi connectivity index (χ1) is 12.4. The van der Waals surface area contributed by atoms with E-state index in [1.54, 1.807) is 59.1 Å². The molecule has 0 unspecified atom stereocenters. The van der Waals surface area contributed by atoms with Gasteiger partial charge in [0.25, 0.3) is 0 Å². The number of ether oxygens (including phenoxy) is 1. The Balaban J connectivity index is 3.55. The molecule has 0 aliphatic carbocycles. The van der Waals surface area contributed by atoms with Crippen molar-refractivity contribution in [2.75, 3.05) is 33.5 Å². The van der Waals surface area contributed by atoms with Gasteiger partial charge in [0.05, 0.1) is 33.5 Å². The van der Waals surface area contributed by atoms with Crippen LogP contribution in [0.25, 0.3) is 6.08 Å². The number of hydrogen-bond donors (Lipinski definition) is 0. The molecule has 0 heterocycles. The minimum Gasteiger partial charge on any atom is -0.497 e. The minimum atomic E-state index is -3.88. The molecule has 0 saturated carbocycles. The zero-order valence-corrected chi connectivity index (χ0v) is 17.8. The van der Waals surface area contributed by atoms with Gasteiger partial charge < -0.3 is 22.8 Å². The van der Waals surface area contributed by atoms with Crippen molar-refractivity contribution in [1.82, 2.24) is 0 Å². The van der Waals surface area contributed by atoms with E-state index in [0.29, 0.717) is 11.3 Å². The molecule has 7 nitrogen and oxygen atoms in total. The standard InChI is InChI=1S/C17H28O7P2/c1-6-21-25(18,22-7-2)17(26(19,23-8-3)24-9-4)14-15-10-12-16(20-5)13-11-15/h10-14H,6-9H2,1-5H3. The van der Waals surface area contributed by atoms with Crippen LogP contribution in [0.15, 0.2) is 29.3 Å². The van der Waals surface area contributed by atoms with Gasteiger partial charge in [-0.15, -0.1) is 0 Å². The maximum atomic E-state index is 13.4. The van der Waals surface area contributed by atoms with Crippen molar-refractivity contribution in [3.05, 3.63) is 34.9 Å². The lowest BCUT2D eigenvalue weighted by atomic mass is 10.2. The number of hydrogen-bond acceptors (Lipinski definition) is 7. The zero-order valence-electron chi connectivity index (χ0n) is 16.0. The third-order valence-corrected chi connectivity index (χ3v) is 8.41. The fourth-order valence-electron chi connectivity index (χ4n) is 2.18. The predicted octanol–water partition coefficient (Wildman–Crippen LogP) is 5.53. The third-order valence-electron chi connectivity index (χ3n) is 3.17. The average molecular weight is 406 g/mol. The first-order valence-electron chi connectivity index (χ1n) is 8.54. The molecule has 9 heteroatoms. The van der Waals surface area contributed by atoms with Gasteiger partial charge in [0, 0.05) is 0 Å². The summed E-state index contributed by atoms with van der Waals surface area (Å²) in [6.07, 6.45) is 1.48. The van der Waals surface area contributed by atoms with Gasteiger partial charge in [-0.2, -0.15) is 0 Å². The SMILES string of the molecule is CCOP(=O)(OCC)C(=Cc1ccc(OC)cc1)P(=O)(OCC)OCC. The van der Waals surface area contributed by atoms with Crippen molar-refractivity contribution >= 4 is 21.3 Å². The molecule has 0 aliphatic rings. The van der Waals surface area contributed by atoms with Crippen LogP contribution in [0.1, 0.15) is 33.3 Å². The summed E-state index contributed by atoms with van der Waals surface area (Å²) in [5.41, 5.74) is 0.639.